The van der Waals surface area contributed by atoms with Crippen molar-refractivity contribution in [2.45, 2.75) is 26.4 Å². The molecule has 0 amide bonds. The van der Waals surface area contributed by atoms with E-state index in [-0.39, 0.29) is 6.04 Å². The first kappa shape index (κ1) is 13.6. The summed E-state index contributed by atoms with van der Waals surface area (Å²) in [6, 6.07) is 8.15. The maximum absolute atomic E-state index is 6.23. The number of aromatic nitrogens is 2. The van der Waals surface area contributed by atoms with Gasteiger partial charge in [0.25, 0.3) is 0 Å². The number of fused-ring (bicyclic) bond motifs is 1. The fraction of sp³-hybridized carbons (Fsp3) is 0.267. The quantitative estimate of drug-likeness (QED) is 0.782. The fourth-order valence-electron chi connectivity index (χ4n) is 2.34. The molecule has 2 aromatic heterocycles. The smallest absolute Gasteiger partial charge is 0.194 e. The molecule has 1 aromatic carbocycles. The van der Waals surface area contributed by atoms with Gasteiger partial charge in [0, 0.05) is 29.2 Å². The second kappa shape index (κ2) is 5.56. The molecule has 0 aliphatic rings. The Morgan fingerprint density at radius 1 is 1.40 bits per heavy atom. The summed E-state index contributed by atoms with van der Waals surface area (Å²) in [5.74, 6) is 0. The van der Waals surface area contributed by atoms with Gasteiger partial charge in [-0.1, -0.05) is 29.8 Å². The summed E-state index contributed by atoms with van der Waals surface area (Å²) in [7, 11) is 0. The Labute approximate surface area is 127 Å². The molecule has 0 fully saturated rings. The molecule has 0 aliphatic carbocycles. The molecule has 104 valence electrons. The number of imidazole rings is 1. The normalized spacial score (nSPS) is 12.9. The Kier molecular flexibility index (Phi) is 3.78. The Balaban J connectivity index is 1.78. The molecule has 20 heavy (non-hydrogen) atoms. The summed E-state index contributed by atoms with van der Waals surface area (Å²) in [6.07, 6.45) is 2.07. The Bertz CT molecular complexity index is 732. The number of hydrogen-bond acceptors (Lipinski definition) is 3. The third-order valence-electron chi connectivity index (χ3n) is 3.51. The number of hydrogen-bond donors (Lipinski definition) is 1. The first-order valence-corrected chi connectivity index (χ1v) is 7.81. The molecule has 0 radical (unpaired) electrons. The van der Waals surface area contributed by atoms with Gasteiger partial charge in [-0.3, -0.25) is 4.40 Å². The van der Waals surface area contributed by atoms with E-state index in [4.69, 9.17) is 11.6 Å². The third-order valence-corrected chi connectivity index (χ3v) is 4.61. The molecular formula is C15H16ClN3S. The summed E-state index contributed by atoms with van der Waals surface area (Å²) in [6.45, 7) is 4.95. The number of halogens is 1. The lowest BCUT2D eigenvalue weighted by molar-refractivity contribution is 0.564. The third kappa shape index (κ3) is 2.46. The van der Waals surface area contributed by atoms with E-state index in [1.807, 2.05) is 18.2 Å². The minimum atomic E-state index is 0.201. The average molecular weight is 306 g/mol. The molecule has 3 nitrogen and oxygen atoms in total. The highest BCUT2D eigenvalue weighted by Crippen LogP contribution is 2.23. The molecule has 1 N–H and O–H groups in total. The molecule has 0 saturated heterocycles. The second-order valence-corrected chi connectivity index (χ2v) is 6.10. The van der Waals surface area contributed by atoms with Crippen molar-refractivity contribution >= 4 is 27.9 Å². The Morgan fingerprint density at radius 2 is 2.20 bits per heavy atom. The standard InChI is InChI=1S/C15H16ClN3S/c1-10(12-5-3-4-6-13(12)16)17-9-14-11(2)18-15-19(14)7-8-20-15/h3-8,10,17H,9H2,1-2H3/t10-/m1/s1. The van der Waals surface area contributed by atoms with Crippen molar-refractivity contribution in [3.05, 3.63) is 57.8 Å². The van der Waals surface area contributed by atoms with E-state index < -0.39 is 0 Å². The minimum Gasteiger partial charge on any atom is -0.305 e. The molecule has 0 spiro atoms. The van der Waals surface area contributed by atoms with Crippen LogP contribution < -0.4 is 5.32 Å². The van der Waals surface area contributed by atoms with Gasteiger partial charge >= 0.3 is 0 Å². The van der Waals surface area contributed by atoms with E-state index in [1.54, 1.807) is 11.3 Å². The van der Waals surface area contributed by atoms with Crippen LogP contribution in [0.1, 0.15) is 29.9 Å². The van der Waals surface area contributed by atoms with Crippen LogP contribution in [0, 0.1) is 6.92 Å². The van der Waals surface area contributed by atoms with Gasteiger partial charge in [0.15, 0.2) is 4.96 Å². The molecule has 0 saturated carbocycles. The van der Waals surface area contributed by atoms with Gasteiger partial charge < -0.3 is 5.32 Å². The first-order valence-electron chi connectivity index (χ1n) is 6.55. The zero-order chi connectivity index (χ0) is 14.1. The molecule has 0 unspecified atom stereocenters. The molecule has 1 atom stereocenters. The van der Waals surface area contributed by atoms with Gasteiger partial charge in [0.2, 0.25) is 0 Å². The summed E-state index contributed by atoms with van der Waals surface area (Å²) in [5, 5.41) is 6.39. The van der Waals surface area contributed by atoms with Crippen LogP contribution in [-0.2, 0) is 6.54 Å². The average Bonchev–Trinajstić information content (AvgIpc) is 2.97. The lowest BCUT2D eigenvalue weighted by Crippen LogP contribution is -2.19. The van der Waals surface area contributed by atoms with E-state index in [0.29, 0.717) is 0 Å². The molecule has 0 bridgehead atoms. The predicted octanol–water partition coefficient (Wildman–Crippen LogP) is 4.21. The van der Waals surface area contributed by atoms with Crippen molar-refractivity contribution in [2.24, 2.45) is 0 Å². The summed E-state index contributed by atoms with van der Waals surface area (Å²) in [5.41, 5.74) is 3.41. The van der Waals surface area contributed by atoms with Crippen molar-refractivity contribution in [3.63, 3.8) is 0 Å². The number of nitrogens with one attached hydrogen (secondary N) is 1. The highest BCUT2D eigenvalue weighted by molar-refractivity contribution is 7.15. The monoisotopic (exact) mass is 305 g/mol. The van der Waals surface area contributed by atoms with Crippen LogP contribution in [0.2, 0.25) is 5.02 Å². The van der Waals surface area contributed by atoms with Crippen LogP contribution in [0.15, 0.2) is 35.8 Å². The molecular weight excluding hydrogens is 290 g/mol. The van der Waals surface area contributed by atoms with Crippen LogP contribution in [0.4, 0.5) is 0 Å². The predicted molar refractivity (Wildman–Crippen MR) is 84.5 cm³/mol. The maximum atomic E-state index is 6.23. The Morgan fingerprint density at radius 3 is 3.00 bits per heavy atom. The van der Waals surface area contributed by atoms with Gasteiger partial charge in [-0.05, 0) is 25.5 Å². The number of benzene rings is 1. The molecule has 0 aliphatic heterocycles. The van der Waals surface area contributed by atoms with Crippen LogP contribution in [-0.4, -0.2) is 9.38 Å². The summed E-state index contributed by atoms with van der Waals surface area (Å²) < 4.78 is 2.15. The number of aryl methyl sites for hydroxylation is 1. The summed E-state index contributed by atoms with van der Waals surface area (Å²) >= 11 is 7.89. The van der Waals surface area contributed by atoms with Crippen LogP contribution in [0.5, 0.6) is 0 Å². The van der Waals surface area contributed by atoms with Crippen molar-refractivity contribution in [2.75, 3.05) is 0 Å². The highest BCUT2D eigenvalue weighted by atomic mass is 35.5. The van der Waals surface area contributed by atoms with Gasteiger partial charge in [0.05, 0.1) is 11.4 Å². The topological polar surface area (TPSA) is 29.3 Å². The molecule has 3 aromatic rings. The van der Waals surface area contributed by atoms with Crippen LogP contribution >= 0.6 is 22.9 Å². The van der Waals surface area contributed by atoms with E-state index in [0.717, 1.165) is 27.8 Å². The van der Waals surface area contributed by atoms with Crippen molar-refractivity contribution < 1.29 is 0 Å². The van der Waals surface area contributed by atoms with Crippen molar-refractivity contribution in [1.29, 1.82) is 0 Å². The largest absolute Gasteiger partial charge is 0.305 e. The summed E-state index contributed by atoms with van der Waals surface area (Å²) in [4.78, 5) is 5.60. The Hall–Kier alpha value is -1.36. The van der Waals surface area contributed by atoms with E-state index in [9.17, 15) is 0 Å². The molecule has 2 heterocycles. The lowest BCUT2D eigenvalue weighted by Gasteiger charge is -2.15. The molecule has 3 rings (SSSR count). The van der Waals surface area contributed by atoms with Gasteiger partial charge in [-0.25, -0.2) is 4.98 Å². The zero-order valence-electron chi connectivity index (χ0n) is 11.4. The minimum absolute atomic E-state index is 0.201. The van der Waals surface area contributed by atoms with Crippen molar-refractivity contribution in [3.8, 4) is 0 Å². The van der Waals surface area contributed by atoms with Crippen LogP contribution in [0.3, 0.4) is 0 Å². The van der Waals surface area contributed by atoms with Gasteiger partial charge in [-0.2, -0.15) is 0 Å². The van der Waals surface area contributed by atoms with Gasteiger partial charge in [-0.15, -0.1) is 11.3 Å². The maximum Gasteiger partial charge on any atom is 0.194 e. The van der Waals surface area contributed by atoms with Gasteiger partial charge in [0.1, 0.15) is 0 Å². The lowest BCUT2D eigenvalue weighted by atomic mass is 10.1. The van der Waals surface area contributed by atoms with Crippen LogP contribution in [0.25, 0.3) is 4.96 Å². The van der Waals surface area contributed by atoms with E-state index in [2.05, 4.69) is 46.2 Å². The SMILES string of the molecule is Cc1nc2sccn2c1CN[C@H](C)c1ccccc1Cl. The number of rotatable bonds is 4. The number of thiazole rings is 1. The first-order chi connectivity index (χ1) is 9.66. The van der Waals surface area contributed by atoms with E-state index >= 15 is 0 Å². The highest BCUT2D eigenvalue weighted by Gasteiger charge is 2.12. The van der Waals surface area contributed by atoms with E-state index in [1.165, 1.54) is 5.69 Å². The molecule has 5 heteroatoms. The van der Waals surface area contributed by atoms with Crippen molar-refractivity contribution in [1.82, 2.24) is 14.7 Å². The number of nitrogens with zero attached hydrogens (tertiary/aromatic N) is 2. The second-order valence-electron chi connectivity index (χ2n) is 4.82. The zero-order valence-corrected chi connectivity index (χ0v) is 13.0. The fourth-order valence-corrected chi connectivity index (χ4v) is 3.42.